The highest BCUT2D eigenvalue weighted by atomic mass is 16.2. The van der Waals surface area contributed by atoms with Gasteiger partial charge < -0.3 is 10.6 Å². The second-order valence-electron chi connectivity index (χ2n) is 6.29. The minimum atomic E-state index is -0.698. The third-order valence-corrected chi connectivity index (χ3v) is 4.13. The molecule has 2 amide bonds. The number of nitrogens with one attached hydrogen (secondary N) is 2. The lowest BCUT2D eigenvalue weighted by atomic mass is 10.1. The number of fused-ring (bicyclic) bond motifs is 1. The Morgan fingerprint density at radius 1 is 1.19 bits per heavy atom. The van der Waals surface area contributed by atoms with Crippen molar-refractivity contribution in [2.45, 2.75) is 26.4 Å². The van der Waals surface area contributed by atoms with Crippen LogP contribution in [0.2, 0.25) is 0 Å². The van der Waals surface area contributed by atoms with Crippen molar-refractivity contribution in [3.05, 3.63) is 70.3 Å². The van der Waals surface area contributed by atoms with Crippen LogP contribution in [0.3, 0.4) is 0 Å². The summed E-state index contributed by atoms with van der Waals surface area (Å²) in [5.74, 6) is -0.634. The Labute approximate surface area is 155 Å². The maximum Gasteiger partial charge on any atom is 0.350 e. The molecule has 0 saturated heterocycles. The summed E-state index contributed by atoms with van der Waals surface area (Å²) >= 11 is 0. The molecule has 0 radical (unpaired) electrons. The molecule has 140 valence electrons. The van der Waals surface area contributed by atoms with Crippen LogP contribution in [0.5, 0.6) is 0 Å². The minimum absolute atomic E-state index is 0.229. The Kier molecular flexibility index (Phi) is 5.35. The Morgan fingerprint density at radius 2 is 2.00 bits per heavy atom. The van der Waals surface area contributed by atoms with Gasteiger partial charge in [-0.3, -0.25) is 14.0 Å². The average Bonchev–Trinajstić information content (AvgIpc) is 2.97. The van der Waals surface area contributed by atoms with E-state index >= 15 is 0 Å². The first-order valence-electron chi connectivity index (χ1n) is 8.65. The summed E-state index contributed by atoms with van der Waals surface area (Å²) in [7, 11) is 0. The zero-order chi connectivity index (χ0) is 19.4. The van der Waals surface area contributed by atoms with Crippen molar-refractivity contribution in [1.29, 1.82) is 0 Å². The van der Waals surface area contributed by atoms with Gasteiger partial charge in [-0.1, -0.05) is 23.8 Å². The summed E-state index contributed by atoms with van der Waals surface area (Å²) in [6.07, 6.45) is 1.64. The molecule has 3 aromatic rings. The van der Waals surface area contributed by atoms with Crippen LogP contribution in [0.1, 0.15) is 22.8 Å². The van der Waals surface area contributed by atoms with E-state index in [2.05, 4.69) is 15.7 Å². The molecule has 3 rings (SSSR count). The molecule has 0 saturated carbocycles. The van der Waals surface area contributed by atoms with E-state index in [4.69, 9.17) is 0 Å². The molecule has 2 aromatic heterocycles. The smallest absolute Gasteiger partial charge is 0.350 e. The summed E-state index contributed by atoms with van der Waals surface area (Å²) in [5, 5.41) is 9.57. The third-order valence-electron chi connectivity index (χ3n) is 4.13. The predicted molar refractivity (Wildman–Crippen MR) is 101 cm³/mol. The van der Waals surface area contributed by atoms with Gasteiger partial charge in [0.1, 0.15) is 6.04 Å². The number of carbonyl (C=O) groups is 2. The fourth-order valence-electron chi connectivity index (χ4n) is 2.68. The molecule has 8 heteroatoms. The van der Waals surface area contributed by atoms with Crippen molar-refractivity contribution >= 4 is 17.5 Å². The van der Waals surface area contributed by atoms with Gasteiger partial charge in [0.25, 0.3) is 5.91 Å². The lowest BCUT2D eigenvalue weighted by molar-refractivity contribution is -0.122. The van der Waals surface area contributed by atoms with Crippen molar-refractivity contribution < 1.29 is 9.59 Å². The van der Waals surface area contributed by atoms with Gasteiger partial charge in [-0.2, -0.15) is 0 Å². The number of carbonyl (C=O) groups excluding carboxylic acids is 2. The summed E-state index contributed by atoms with van der Waals surface area (Å²) in [6.45, 7) is 3.98. The highest BCUT2D eigenvalue weighted by Gasteiger charge is 2.16. The maximum absolute atomic E-state index is 12.2. The SMILES string of the molecule is Cc1cccc(C(=O)NC(C)C(=O)NCCn2nc3ccccn3c2=O)c1. The van der Waals surface area contributed by atoms with E-state index in [0.29, 0.717) is 11.2 Å². The van der Waals surface area contributed by atoms with E-state index < -0.39 is 6.04 Å². The molecule has 2 heterocycles. The fraction of sp³-hybridized carbons (Fsp3) is 0.263. The van der Waals surface area contributed by atoms with Gasteiger partial charge in [0.05, 0.1) is 6.54 Å². The molecule has 27 heavy (non-hydrogen) atoms. The van der Waals surface area contributed by atoms with Crippen LogP contribution >= 0.6 is 0 Å². The van der Waals surface area contributed by atoms with E-state index in [-0.39, 0.29) is 30.6 Å². The van der Waals surface area contributed by atoms with Crippen molar-refractivity contribution in [2.24, 2.45) is 0 Å². The third kappa shape index (κ3) is 4.22. The van der Waals surface area contributed by atoms with Gasteiger partial charge in [-0.15, -0.1) is 5.10 Å². The van der Waals surface area contributed by atoms with Gasteiger partial charge in [0, 0.05) is 18.3 Å². The number of hydrogen-bond donors (Lipinski definition) is 2. The molecule has 0 aliphatic carbocycles. The second-order valence-corrected chi connectivity index (χ2v) is 6.29. The number of hydrogen-bond acceptors (Lipinski definition) is 4. The van der Waals surface area contributed by atoms with Crippen molar-refractivity contribution in [3.63, 3.8) is 0 Å². The molecule has 2 N–H and O–H groups in total. The standard InChI is InChI=1S/C19H21N5O3/c1-13-6-5-7-15(12-13)18(26)21-14(2)17(25)20-9-11-24-19(27)23-10-4-3-8-16(23)22-24/h3-8,10,12,14H,9,11H2,1-2H3,(H,20,25)(H,21,26). The van der Waals surface area contributed by atoms with E-state index in [0.717, 1.165) is 5.56 Å². The Morgan fingerprint density at radius 3 is 2.74 bits per heavy atom. The fourth-order valence-corrected chi connectivity index (χ4v) is 2.68. The van der Waals surface area contributed by atoms with Crippen LogP contribution in [0.15, 0.2) is 53.5 Å². The van der Waals surface area contributed by atoms with Gasteiger partial charge in [-0.05, 0) is 38.1 Å². The molecular formula is C19H21N5O3. The molecule has 0 spiro atoms. The summed E-state index contributed by atoms with van der Waals surface area (Å²) in [4.78, 5) is 36.5. The second kappa shape index (κ2) is 7.86. The Hall–Kier alpha value is -3.42. The Balaban J connectivity index is 1.53. The van der Waals surface area contributed by atoms with Gasteiger partial charge >= 0.3 is 5.69 Å². The Bertz CT molecular complexity index is 1040. The number of benzene rings is 1. The molecule has 0 aliphatic heterocycles. The van der Waals surface area contributed by atoms with Crippen LogP contribution < -0.4 is 16.3 Å². The van der Waals surface area contributed by atoms with Crippen LogP contribution in [0, 0.1) is 6.92 Å². The van der Waals surface area contributed by atoms with E-state index in [1.165, 1.54) is 9.08 Å². The number of rotatable bonds is 6. The first-order valence-corrected chi connectivity index (χ1v) is 8.65. The number of aryl methyl sites for hydroxylation is 1. The number of pyridine rings is 1. The first-order chi connectivity index (χ1) is 13.0. The normalized spacial score (nSPS) is 11.9. The monoisotopic (exact) mass is 367 g/mol. The molecule has 1 atom stereocenters. The summed E-state index contributed by atoms with van der Waals surface area (Å²) < 4.78 is 2.73. The van der Waals surface area contributed by atoms with Crippen molar-refractivity contribution in [3.8, 4) is 0 Å². The van der Waals surface area contributed by atoms with Crippen LogP contribution in [0.4, 0.5) is 0 Å². The lowest BCUT2D eigenvalue weighted by Gasteiger charge is -2.14. The topological polar surface area (TPSA) is 97.5 Å². The highest BCUT2D eigenvalue weighted by Crippen LogP contribution is 2.04. The van der Waals surface area contributed by atoms with Crippen molar-refractivity contribution in [2.75, 3.05) is 6.54 Å². The van der Waals surface area contributed by atoms with Gasteiger partial charge in [-0.25, -0.2) is 9.48 Å². The molecule has 1 aromatic carbocycles. The highest BCUT2D eigenvalue weighted by molar-refractivity contribution is 5.97. The van der Waals surface area contributed by atoms with Crippen LogP contribution in [-0.4, -0.2) is 38.6 Å². The van der Waals surface area contributed by atoms with E-state index in [9.17, 15) is 14.4 Å². The zero-order valence-corrected chi connectivity index (χ0v) is 15.2. The van der Waals surface area contributed by atoms with Crippen LogP contribution in [-0.2, 0) is 11.3 Å². The molecule has 8 nitrogen and oxygen atoms in total. The zero-order valence-electron chi connectivity index (χ0n) is 15.2. The van der Waals surface area contributed by atoms with E-state index in [1.807, 2.05) is 13.0 Å². The van der Waals surface area contributed by atoms with Crippen molar-refractivity contribution in [1.82, 2.24) is 24.8 Å². The maximum atomic E-state index is 12.2. The lowest BCUT2D eigenvalue weighted by Crippen LogP contribution is -2.45. The number of aromatic nitrogens is 3. The summed E-state index contributed by atoms with van der Waals surface area (Å²) in [5.41, 5.74) is 1.76. The van der Waals surface area contributed by atoms with E-state index in [1.54, 1.807) is 49.5 Å². The molecular weight excluding hydrogens is 346 g/mol. The van der Waals surface area contributed by atoms with Gasteiger partial charge in [0.2, 0.25) is 5.91 Å². The minimum Gasteiger partial charge on any atom is -0.352 e. The molecule has 0 aliphatic rings. The first kappa shape index (κ1) is 18.4. The van der Waals surface area contributed by atoms with Gasteiger partial charge in [0.15, 0.2) is 5.65 Å². The molecule has 1 unspecified atom stereocenters. The quantitative estimate of drug-likeness (QED) is 0.671. The number of amides is 2. The van der Waals surface area contributed by atoms with Crippen LogP contribution in [0.25, 0.3) is 5.65 Å². The largest absolute Gasteiger partial charge is 0.352 e. The number of nitrogens with zero attached hydrogens (tertiary/aromatic N) is 3. The molecule has 0 bridgehead atoms. The predicted octanol–water partition coefficient (Wildman–Crippen LogP) is 0.739. The summed E-state index contributed by atoms with van der Waals surface area (Å²) in [6, 6.07) is 11.7. The molecule has 0 fully saturated rings. The average molecular weight is 367 g/mol.